The molecule has 0 saturated heterocycles. The maximum atomic E-state index is 11.8. The minimum atomic E-state index is -1.59. The van der Waals surface area contributed by atoms with E-state index in [9.17, 15) is 9.59 Å². The predicted molar refractivity (Wildman–Crippen MR) is 68.9 cm³/mol. The first kappa shape index (κ1) is 13.4. The van der Waals surface area contributed by atoms with Crippen LogP contribution in [-0.4, -0.2) is 24.5 Å². The van der Waals surface area contributed by atoms with E-state index in [2.05, 4.69) is 20.7 Å². The fraction of sp³-hybridized carbons (Fsp3) is 0.333. The van der Waals surface area contributed by atoms with Crippen LogP contribution in [0.1, 0.15) is 12.5 Å². The van der Waals surface area contributed by atoms with Gasteiger partial charge in [-0.05, 0) is 35.0 Å². The number of ketones is 1. The Bertz CT molecular complexity index is 543. The zero-order valence-electron chi connectivity index (χ0n) is 9.75. The molecule has 1 aromatic carbocycles. The maximum Gasteiger partial charge on any atom is 0.358 e. The van der Waals surface area contributed by atoms with Crippen LogP contribution in [0.3, 0.4) is 0 Å². The topological polar surface area (TPSA) is 52.6 Å². The summed E-state index contributed by atoms with van der Waals surface area (Å²) < 4.78 is 10.8. The lowest BCUT2D eigenvalue weighted by Gasteiger charge is -2.22. The van der Waals surface area contributed by atoms with Crippen molar-refractivity contribution >= 4 is 39.3 Å². The van der Waals surface area contributed by atoms with Crippen molar-refractivity contribution in [3.8, 4) is 5.75 Å². The highest BCUT2D eigenvalue weighted by atomic mass is 79.9. The monoisotopic (exact) mass is 332 g/mol. The van der Waals surface area contributed by atoms with Gasteiger partial charge in [-0.2, -0.15) is 0 Å². The molecule has 0 saturated carbocycles. The molecule has 0 amide bonds. The van der Waals surface area contributed by atoms with E-state index in [0.29, 0.717) is 20.8 Å². The van der Waals surface area contributed by atoms with Crippen molar-refractivity contribution in [3.05, 3.63) is 27.2 Å². The van der Waals surface area contributed by atoms with Gasteiger partial charge in [0.15, 0.2) is 5.78 Å². The lowest BCUT2D eigenvalue weighted by atomic mass is 9.93. The highest BCUT2D eigenvalue weighted by Crippen LogP contribution is 2.43. The number of carbonyl (C=O) groups excluding carboxylic acids is 2. The molecule has 96 valence electrons. The second-order valence-corrected chi connectivity index (χ2v) is 5.19. The first-order valence-corrected chi connectivity index (χ1v) is 6.35. The average molecular weight is 334 g/mol. The molecule has 0 fully saturated rings. The molecule has 0 spiro atoms. The minimum absolute atomic E-state index is 0.117. The van der Waals surface area contributed by atoms with Crippen LogP contribution in [0.15, 0.2) is 16.6 Å². The van der Waals surface area contributed by atoms with Crippen molar-refractivity contribution in [1.29, 1.82) is 0 Å². The number of hydrogen-bond acceptors (Lipinski definition) is 4. The van der Waals surface area contributed by atoms with E-state index in [1.807, 2.05) is 0 Å². The second kappa shape index (κ2) is 4.55. The van der Waals surface area contributed by atoms with Crippen molar-refractivity contribution in [2.45, 2.75) is 18.9 Å². The van der Waals surface area contributed by atoms with Crippen LogP contribution >= 0.6 is 27.5 Å². The lowest BCUT2D eigenvalue weighted by molar-refractivity contribution is -0.162. The van der Waals surface area contributed by atoms with Crippen LogP contribution < -0.4 is 4.74 Å². The molecule has 6 heteroatoms. The fourth-order valence-corrected chi connectivity index (χ4v) is 2.57. The van der Waals surface area contributed by atoms with Gasteiger partial charge in [0.1, 0.15) is 5.75 Å². The molecule has 1 aliphatic rings. The molecule has 0 aromatic heterocycles. The number of carbonyl (C=O) groups is 2. The lowest BCUT2D eigenvalue weighted by Crippen LogP contribution is -2.50. The zero-order chi connectivity index (χ0) is 13.5. The summed E-state index contributed by atoms with van der Waals surface area (Å²) in [5.41, 5.74) is -0.896. The van der Waals surface area contributed by atoms with Crippen molar-refractivity contribution in [2.24, 2.45) is 0 Å². The molecule has 1 aliphatic heterocycles. The molecule has 1 unspecified atom stereocenters. The molecule has 0 aliphatic carbocycles. The smallest absolute Gasteiger partial charge is 0.358 e. The van der Waals surface area contributed by atoms with Crippen LogP contribution in [0.5, 0.6) is 5.75 Å². The number of ether oxygens (including phenoxy) is 2. The normalized spacial score (nSPS) is 21.1. The molecule has 2 rings (SSSR count). The van der Waals surface area contributed by atoms with Crippen LogP contribution in [0.2, 0.25) is 5.02 Å². The van der Waals surface area contributed by atoms with Gasteiger partial charge in [-0.15, -0.1) is 0 Å². The Kier molecular flexibility index (Phi) is 3.38. The summed E-state index contributed by atoms with van der Waals surface area (Å²) in [4.78, 5) is 23.6. The Labute approximate surface area is 117 Å². The van der Waals surface area contributed by atoms with E-state index in [1.54, 1.807) is 12.1 Å². The van der Waals surface area contributed by atoms with Crippen LogP contribution in [0.4, 0.5) is 0 Å². The predicted octanol–water partition coefficient (Wildman–Crippen LogP) is 2.54. The van der Waals surface area contributed by atoms with Gasteiger partial charge in [-0.25, -0.2) is 4.79 Å². The highest BCUT2D eigenvalue weighted by molar-refractivity contribution is 9.10. The second-order valence-electron chi connectivity index (χ2n) is 3.99. The van der Waals surface area contributed by atoms with Gasteiger partial charge >= 0.3 is 5.97 Å². The Balaban J connectivity index is 2.52. The van der Waals surface area contributed by atoms with Gasteiger partial charge in [-0.3, -0.25) is 4.79 Å². The molecule has 0 N–H and O–H groups in total. The van der Waals surface area contributed by atoms with Crippen molar-refractivity contribution in [3.63, 3.8) is 0 Å². The van der Waals surface area contributed by atoms with Crippen molar-refractivity contribution in [2.75, 3.05) is 7.11 Å². The summed E-state index contributed by atoms with van der Waals surface area (Å²) in [5, 5.41) is 0.501. The number of esters is 1. The first-order valence-electron chi connectivity index (χ1n) is 5.17. The third-order valence-corrected chi connectivity index (χ3v) is 4.40. The van der Waals surface area contributed by atoms with Crippen molar-refractivity contribution < 1.29 is 19.1 Å². The number of fused-ring (bicyclic) bond motifs is 1. The Morgan fingerprint density at radius 2 is 2.17 bits per heavy atom. The van der Waals surface area contributed by atoms with E-state index in [0.717, 1.165) is 0 Å². The number of Topliss-reactive ketones (excluding diaryl/α,β-unsaturated/α-hetero) is 1. The number of methoxy groups -OCH3 is 1. The summed E-state index contributed by atoms with van der Waals surface area (Å²) >= 11 is 9.30. The van der Waals surface area contributed by atoms with Crippen LogP contribution in [-0.2, 0) is 20.7 Å². The molecule has 1 heterocycles. The molecule has 18 heavy (non-hydrogen) atoms. The van der Waals surface area contributed by atoms with Crippen LogP contribution in [0.25, 0.3) is 0 Å². The van der Waals surface area contributed by atoms with Crippen LogP contribution in [0, 0.1) is 0 Å². The van der Waals surface area contributed by atoms with Gasteiger partial charge in [0.2, 0.25) is 0 Å². The highest BCUT2D eigenvalue weighted by Gasteiger charge is 2.52. The fourth-order valence-electron chi connectivity index (χ4n) is 1.93. The third-order valence-electron chi connectivity index (χ3n) is 2.95. The van der Waals surface area contributed by atoms with E-state index < -0.39 is 17.4 Å². The molecule has 0 radical (unpaired) electrons. The zero-order valence-corrected chi connectivity index (χ0v) is 12.1. The molecule has 1 atom stereocenters. The molecule has 4 nitrogen and oxygen atoms in total. The van der Waals surface area contributed by atoms with E-state index >= 15 is 0 Å². The Morgan fingerprint density at radius 3 is 2.72 bits per heavy atom. The third kappa shape index (κ3) is 1.82. The minimum Gasteiger partial charge on any atom is -0.467 e. The molecule has 1 aromatic rings. The number of hydrogen-bond donors (Lipinski definition) is 0. The van der Waals surface area contributed by atoms with E-state index in [4.69, 9.17) is 16.3 Å². The largest absolute Gasteiger partial charge is 0.467 e. The Hall–Kier alpha value is -1.07. The molecular formula is C12H10BrClO4. The molecule has 0 bridgehead atoms. The number of halogens is 2. The number of rotatable bonds is 2. The quantitative estimate of drug-likeness (QED) is 0.616. The maximum absolute atomic E-state index is 11.8. The van der Waals surface area contributed by atoms with E-state index in [-0.39, 0.29) is 6.42 Å². The Morgan fingerprint density at radius 1 is 1.50 bits per heavy atom. The van der Waals surface area contributed by atoms with Gasteiger partial charge < -0.3 is 9.47 Å². The summed E-state index contributed by atoms with van der Waals surface area (Å²) in [6.07, 6.45) is 0.117. The van der Waals surface area contributed by atoms with Gasteiger partial charge in [0.25, 0.3) is 5.60 Å². The summed E-state index contributed by atoms with van der Waals surface area (Å²) in [6.45, 7) is 1.30. The van der Waals surface area contributed by atoms with Gasteiger partial charge in [0, 0.05) is 16.5 Å². The average Bonchev–Trinajstić information content (AvgIpc) is 2.74. The van der Waals surface area contributed by atoms with Gasteiger partial charge in [0.05, 0.1) is 12.1 Å². The van der Waals surface area contributed by atoms with E-state index in [1.165, 1.54) is 14.0 Å². The standard InChI is InChI=1S/C12H10BrClO4/c1-6(15)12(11(16)17-2)5-7-9(18-12)4-3-8(14)10(7)13/h3-4H,5H2,1-2H3. The summed E-state index contributed by atoms with van der Waals surface area (Å²) in [6, 6.07) is 3.27. The summed E-state index contributed by atoms with van der Waals surface area (Å²) in [7, 11) is 1.22. The number of benzene rings is 1. The first-order chi connectivity index (χ1) is 8.42. The SMILES string of the molecule is COC(=O)C1(C(C)=O)Cc2c(ccc(Cl)c2Br)O1. The summed E-state index contributed by atoms with van der Waals surface area (Å²) in [5.74, 6) is -0.630. The van der Waals surface area contributed by atoms with Crippen molar-refractivity contribution in [1.82, 2.24) is 0 Å². The van der Waals surface area contributed by atoms with Gasteiger partial charge in [-0.1, -0.05) is 11.6 Å². The molecular weight excluding hydrogens is 323 g/mol.